The van der Waals surface area contributed by atoms with Crippen molar-refractivity contribution in [3.63, 3.8) is 0 Å². The largest absolute Gasteiger partial charge is 0.465 e. The second-order valence-corrected chi connectivity index (χ2v) is 8.72. The molecule has 0 fully saturated rings. The van der Waals surface area contributed by atoms with Gasteiger partial charge in [-0.1, -0.05) is 42.0 Å². The van der Waals surface area contributed by atoms with Gasteiger partial charge in [-0.25, -0.2) is 17.6 Å². The average molecular weight is 456 g/mol. The molecule has 0 radical (unpaired) electrons. The number of methoxy groups -OCH3 is 1. The lowest BCUT2D eigenvalue weighted by molar-refractivity contribution is -0.114. The van der Waals surface area contributed by atoms with Gasteiger partial charge in [0.1, 0.15) is 12.4 Å². The molecule has 7 nitrogen and oxygen atoms in total. The lowest BCUT2D eigenvalue weighted by Gasteiger charge is -2.24. The highest BCUT2D eigenvalue weighted by Gasteiger charge is 2.29. The van der Waals surface area contributed by atoms with Crippen molar-refractivity contribution in [3.8, 4) is 0 Å². The second-order valence-electron chi connectivity index (χ2n) is 6.86. The maximum atomic E-state index is 14.5. The van der Waals surface area contributed by atoms with E-state index in [1.165, 1.54) is 49.6 Å². The van der Waals surface area contributed by atoms with E-state index in [0.717, 1.165) is 11.6 Å². The number of nitrogens with one attached hydrogen (secondary N) is 1. The topological polar surface area (TPSA) is 92.8 Å². The lowest BCUT2D eigenvalue weighted by atomic mass is 10.2. The zero-order valence-electron chi connectivity index (χ0n) is 17.4. The number of amides is 1. The number of hydrogen-bond donors (Lipinski definition) is 1. The fourth-order valence-electron chi connectivity index (χ4n) is 2.99. The molecule has 0 heterocycles. The number of rotatable bonds is 7. The number of carbonyl (C=O) groups excluding carboxylic acids is 2. The maximum Gasteiger partial charge on any atom is 0.339 e. The Morgan fingerprint density at radius 2 is 1.59 bits per heavy atom. The molecule has 0 saturated heterocycles. The van der Waals surface area contributed by atoms with Crippen molar-refractivity contribution in [1.82, 2.24) is 0 Å². The van der Waals surface area contributed by atoms with Crippen molar-refractivity contribution in [2.75, 3.05) is 23.3 Å². The van der Waals surface area contributed by atoms with Crippen LogP contribution in [-0.2, 0) is 19.6 Å². The summed E-state index contributed by atoms with van der Waals surface area (Å²) < 4.78 is 46.6. The van der Waals surface area contributed by atoms with Gasteiger partial charge in [0.2, 0.25) is 5.91 Å². The number of esters is 1. The van der Waals surface area contributed by atoms with Crippen molar-refractivity contribution in [2.24, 2.45) is 0 Å². The molecule has 32 heavy (non-hydrogen) atoms. The fraction of sp³-hybridized carbons (Fsp3) is 0.130. The second kappa shape index (κ2) is 9.61. The van der Waals surface area contributed by atoms with Crippen LogP contribution in [0.25, 0.3) is 0 Å². The van der Waals surface area contributed by atoms with Crippen LogP contribution >= 0.6 is 0 Å². The van der Waals surface area contributed by atoms with Crippen molar-refractivity contribution in [2.45, 2.75) is 11.8 Å². The van der Waals surface area contributed by atoms with Gasteiger partial charge in [-0.2, -0.15) is 0 Å². The Labute approximate surface area is 185 Å². The van der Waals surface area contributed by atoms with Crippen LogP contribution in [0.5, 0.6) is 0 Å². The zero-order valence-corrected chi connectivity index (χ0v) is 18.2. The number of sulfonamides is 1. The molecule has 0 atom stereocenters. The smallest absolute Gasteiger partial charge is 0.339 e. The number of benzene rings is 3. The molecule has 9 heteroatoms. The standard InChI is InChI=1S/C23H21FN2O5S/c1-16-11-13-17(14-12-16)32(29,30)26(21-10-6-4-8-19(21)24)15-22(27)25-20-9-5-3-7-18(20)23(28)31-2/h3-14H,15H2,1-2H3,(H,25,27). The molecule has 166 valence electrons. The molecule has 3 rings (SSSR count). The van der Waals surface area contributed by atoms with Gasteiger partial charge >= 0.3 is 5.97 Å². The summed E-state index contributed by atoms with van der Waals surface area (Å²) >= 11 is 0. The van der Waals surface area contributed by atoms with Crippen LogP contribution in [0.1, 0.15) is 15.9 Å². The van der Waals surface area contributed by atoms with Gasteiger partial charge in [0.05, 0.1) is 28.9 Å². The Bertz CT molecular complexity index is 1240. The number of ether oxygens (including phenoxy) is 1. The molecule has 0 aliphatic carbocycles. The average Bonchev–Trinajstić information content (AvgIpc) is 2.78. The summed E-state index contributed by atoms with van der Waals surface area (Å²) in [4.78, 5) is 24.7. The molecule has 0 aliphatic rings. The van der Waals surface area contributed by atoms with Gasteiger partial charge in [0.25, 0.3) is 10.0 Å². The van der Waals surface area contributed by atoms with Crippen LogP contribution < -0.4 is 9.62 Å². The molecule has 1 amide bonds. The van der Waals surface area contributed by atoms with E-state index in [2.05, 4.69) is 5.32 Å². The first kappa shape index (κ1) is 23.0. The van der Waals surface area contributed by atoms with Crippen LogP contribution in [0, 0.1) is 12.7 Å². The van der Waals surface area contributed by atoms with Crippen molar-refractivity contribution in [1.29, 1.82) is 0 Å². The molecular formula is C23H21FN2O5S. The molecular weight excluding hydrogens is 435 g/mol. The Hall–Kier alpha value is -3.72. The Kier molecular flexibility index (Phi) is 6.89. The first-order chi connectivity index (χ1) is 15.2. The van der Waals surface area contributed by atoms with E-state index in [0.29, 0.717) is 4.31 Å². The molecule has 0 bridgehead atoms. The van der Waals surface area contributed by atoms with Gasteiger partial charge in [-0.05, 0) is 43.3 Å². The van der Waals surface area contributed by atoms with E-state index in [4.69, 9.17) is 4.74 Å². The van der Waals surface area contributed by atoms with E-state index in [-0.39, 0.29) is 21.8 Å². The van der Waals surface area contributed by atoms with E-state index >= 15 is 0 Å². The molecule has 0 aromatic heterocycles. The number of anilines is 2. The van der Waals surface area contributed by atoms with Gasteiger partial charge in [-0.3, -0.25) is 9.10 Å². The first-order valence-corrected chi connectivity index (χ1v) is 11.0. The van der Waals surface area contributed by atoms with Gasteiger partial charge in [0, 0.05) is 0 Å². The highest BCUT2D eigenvalue weighted by molar-refractivity contribution is 7.92. The lowest BCUT2D eigenvalue weighted by Crippen LogP contribution is -2.38. The first-order valence-electron chi connectivity index (χ1n) is 9.55. The zero-order chi connectivity index (χ0) is 23.3. The summed E-state index contributed by atoms with van der Waals surface area (Å²) in [5.41, 5.74) is 0.816. The number of carbonyl (C=O) groups is 2. The summed E-state index contributed by atoms with van der Waals surface area (Å²) in [7, 11) is -3.07. The molecule has 0 unspecified atom stereocenters. The predicted molar refractivity (Wildman–Crippen MR) is 119 cm³/mol. The minimum absolute atomic E-state index is 0.0888. The molecule has 3 aromatic carbocycles. The normalized spacial score (nSPS) is 11.0. The van der Waals surface area contributed by atoms with E-state index < -0.39 is 34.3 Å². The van der Waals surface area contributed by atoms with E-state index in [1.54, 1.807) is 31.2 Å². The third-order valence-corrected chi connectivity index (χ3v) is 6.40. The van der Waals surface area contributed by atoms with E-state index in [1.807, 2.05) is 0 Å². The maximum absolute atomic E-state index is 14.5. The third kappa shape index (κ3) is 4.94. The highest BCUT2D eigenvalue weighted by Crippen LogP contribution is 2.27. The van der Waals surface area contributed by atoms with Crippen LogP contribution in [0.4, 0.5) is 15.8 Å². The Morgan fingerprint density at radius 3 is 2.25 bits per heavy atom. The van der Waals surface area contributed by atoms with Gasteiger partial charge in [-0.15, -0.1) is 0 Å². The molecule has 0 spiro atoms. The van der Waals surface area contributed by atoms with Crippen molar-refractivity contribution in [3.05, 3.63) is 89.7 Å². The van der Waals surface area contributed by atoms with Crippen LogP contribution in [-0.4, -0.2) is 33.9 Å². The number of nitrogens with zero attached hydrogens (tertiary/aromatic N) is 1. The van der Waals surface area contributed by atoms with Crippen molar-refractivity contribution < 1.29 is 27.1 Å². The SMILES string of the molecule is COC(=O)c1ccccc1NC(=O)CN(c1ccccc1F)S(=O)(=O)c1ccc(C)cc1. The summed E-state index contributed by atoms with van der Waals surface area (Å²) in [6.07, 6.45) is 0. The summed E-state index contributed by atoms with van der Waals surface area (Å²) in [6, 6.07) is 17.4. The fourth-order valence-corrected chi connectivity index (χ4v) is 4.42. The Morgan fingerprint density at radius 1 is 0.969 bits per heavy atom. The third-order valence-electron chi connectivity index (χ3n) is 4.62. The van der Waals surface area contributed by atoms with Crippen LogP contribution in [0.15, 0.2) is 77.7 Å². The molecule has 0 saturated carbocycles. The number of halogens is 1. The monoisotopic (exact) mass is 456 g/mol. The van der Waals surface area contributed by atoms with Crippen molar-refractivity contribution >= 4 is 33.3 Å². The minimum atomic E-state index is -4.27. The van der Waals surface area contributed by atoms with Crippen LogP contribution in [0.2, 0.25) is 0 Å². The molecule has 1 N–H and O–H groups in total. The minimum Gasteiger partial charge on any atom is -0.465 e. The van der Waals surface area contributed by atoms with Gasteiger partial charge in [0.15, 0.2) is 0 Å². The predicted octanol–water partition coefficient (Wildman–Crippen LogP) is 3.75. The van der Waals surface area contributed by atoms with Crippen LogP contribution in [0.3, 0.4) is 0 Å². The number of aryl methyl sites for hydroxylation is 1. The van der Waals surface area contributed by atoms with Gasteiger partial charge < -0.3 is 10.1 Å². The number of para-hydroxylation sites is 2. The Balaban J connectivity index is 1.97. The van der Waals surface area contributed by atoms with E-state index in [9.17, 15) is 22.4 Å². The highest BCUT2D eigenvalue weighted by atomic mass is 32.2. The summed E-state index contributed by atoms with van der Waals surface area (Å²) in [5, 5.41) is 2.51. The molecule has 0 aliphatic heterocycles. The summed E-state index contributed by atoms with van der Waals surface area (Å²) in [6.45, 7) is 1.09. The number of hydrogen-bond acceptors (Lipinski definition) is 5. The molecule has 3 aromatic rings. The summed E-state index contributed by atoms with van der Waals surface area (Å²) in [5.74, 6) is -2.23. The quantitative estimate of drug-likeness (QED) is 0.547.